The van der Waals surface area contributed by atoms with E-state index in [0.717, 1.165) is 10.9 Å². The lowest BCUT2D eigenvalue weighted by molar-refractivity contribution is -0.385. The quantitative estimate of drug-likeness (QED) is 0.419. The second-order valence-corrected chi connectivity index (χ2v) is 6.16. The van der Waals surface area contributed by atoms with E-state index in [1.807, 2.05) is 6.92 Å². The van der Waals surface area contributed by atoms with E-state index in [0.29, 0.717) is 34.0 Å². The summed E-state index contributed by atoms with van der Waals surface area (Å²) in [6.45, 7) is 3.82. The van der Waals surface area contributed by atoms with Crippen molar-refractivity contribution in [2.75, 3.05) is 5.32 Å². The van der Waals surface area contributed by atoms with Crippen molar-refractivity contribution in [3.8, 4) is 0 Å². The van der Waals surface area contributed by atoms with Crippen LogP contribution in [0.15, 0.2) is 45.6 Å². The minimum atomic E-state index is -0.457. The third kappa shape index (κ3) is 3.34. The fraction of sp³-hybridized carbons (Fsp3) is 0.167. The second kappa shape index (κ2) is 6.57. The first-order valence-corrected chi connectivity index (χ1v) is 7.95. The molecule has 0 radical (unpaired) electrons. The lowest BCUT2D eigenvalue weighted by atomic mass is 10.1. The van der Waals surface area contributed by atoms with Gasteiger partial charge < -0.3 is 9.73 Å². The standard InChI is InChI=1S/C18H15ClN2O4/c1-10-6-17-13(8-14(10)19)12(7-18(22)25-17)9-20-15-4-3-5-16(11(15)2)21(23)24/h3-8,20H,9H2,1-2H3. The smallest absolute Gasteiger partial charge is 0.336 e. The van der Waals surface area contributed by atoms with Gasteiger partial charge in [-0.15, -0.1) is 0 Å². The SMILES string of the molecule is Cc1cc2oc(=O)cc(CNc3cccc([N+](=O)[O-])c3C)c2cc1Cl. The van der Waals surface area contributed by atoms with E-state index in [2.05, 4.69) is 5.32 Å². The zero-order valence-corrected chi connectivity index (χ0v) is 14.4. The third-order valence-electron chi connectivity index (χ3n) is 4.08. The van der Waals surface area contributed by atoms with Crippen LogP contribution in [0.25, 0.3) is 11.0 Å². The molecular formula is C18H15ClN2O4. The Labute approximate surface area is 148 Å². The number of anilines is 1. The van der Waals surface area contributed by atoms with Gasteiger partial charge in [0.15, 0.2) is 0 Å². The van der Waals surface area contributed by atoms with Gasteiger partial charge in [-0.2, -0.15) is 0 Å². The average molecular weight is 359 g/mol. The predicted octanol–water partition coefficient (Wildman–Crippen LogP) is 4.58. The molecule has 3 rings (SSSR count). The molecule has 0 aliphatic rings. The van der Waals surface area contributed by atoms with Gasteiger partial charge in [-0.25, -0.2) is 4.79 Å². The number of hydrogen-bond donors (Lipinski definition) is 1. The van der Waals surface area contributed by atoms with Crippen LogP contribution in [0, 0.1) is 24.0 Å². The Morgan fingerprint density at radius 2 is 2.00 bits per heavy atom. The van der Waals surface area contributed by atoms with Crippen LogP contribution in [0.2, 0.25) is 5.02 Å². The number of nitro groups is 1. The first kappa shape index (κ1) is 17.0. The summed E-state index contributed by atoms with van der Waals surface area (Å²) in [7, 11) is 0. The highest BCUT2D eigenvalue weighted by atomic mass is 35.5. The summed E-state index contributed by atoms with van der Waals surface area (Å²) in [4.78, 5) is 22.4. The van der Waals surface area contributed by atoms with Crippen LogP contribution in [0.5, 0.6) is 0 Å². The number of hydrogen-bond acceptors (Lipinski definition) is 5. The minimum Gasteiger partial charge on any atom is -0.423 e. The molecule has 1 heterocycles. The number of nitrogens with one attached hydrogen (secondary N) is 1. The summed E-state index contributed by atoms with van der Waals surface area (Å²) >= 11 is 6.18. The largest absolute Gasteiger partial charge is 0.423 e. The molecule has 1 aromatic heterocycles. The van der Waals surface area contributed by atoms with Gasteiger partial charge in [0, 0.05) is 40.3 Å². The lowest BCUT2D eigenvalue weighted by Crippen LogP contribution is -2.07. The van der Waals surface area contributed by atoms with E-state index in [1.165, 1.54) is 12.1 Å². The Bertz CT molecular complexity index is 1040. The molecule has 2 aromatic carbocycles. The molecule has 1 N–H and O–H groups in total. The number of fused-ring (bicyclic) bond motifs is 1. The predicted molar refractivity (Wildman–Crippen MR) is 97.4 cm³/mol. The lowest BCUT2D eigenvalue weighted by Gasteiger charge is -2.11. The van der Waals surface area contributed by atoms with Crippen LogP contribution in [0.3, 0.4) is 0 Å². The van der Waals surface area contributed by atoms with Crippen LogP contribution >= 0.6 is 11.6 Å². The molecule has 7 heteroatoms. The third-order valence-corrected chi connectivity index (χ3v) is 4.49. The van der Waals surface area contributed by atoms with Gasteiger partial charge in [0.25, 0.3) is 5.69 Å². The number of benzene rings is 2. The number of nitro benzene ring substituents is 1. The van der Waals surface area contributed by atoms with Crippen molar-refractivity contribution in [2.24, 2.45) is 0 Å². The highest BCUT2D eigenvalue weighted by molar-refractivity contribution is 6.32. The van der Waals surface area contributed by atoms with Gasteiger partial charge >= 0.3 is 5.63 Å². The second-order valence-electron chi connectivity index (χ2n) is 5.75. The topological polar surface area (TPSA) is 85.4 Å². The Balaban J connectivity index is 1.99. The fourth-order valence-corrected chi connectivity index (χ4v) is 2.86. The van der Waals surface area contributed by atoms with E-state index in [4.69, 9.17) is 16.0 Å². The van der Waals surface area contributed by atoms with Crippen molar-refractivity contribution in [3.63, 3.8) is 0 Å². The maximum atomic E-state index is 11.8. The summed E-state index contributed by atoms with van der Waals surface area (Å²) < 4.78 is 5.23. The minimum absolute atomic E-state index is 0.0427. The van der Waals surface area contributed by atoms with Crippen molar-refractivity contribution >= 4 is 33.9 Å². The van der Waals surface area contributed by atoms with Gasteiger partial charge in [-0.1, -0.05) is 17.7 Å². The zero-order chi connectivity index (χ0) is 18.1. The Kier molecular flexibility index (Phi) is 4.46. The maximum Gasteiger partial charge on any atom is 0.336 e. The van der Waals surface area contributed by atoms with Crippen molar-refractivity contribution in [1.82, 2.24) is 0 Å². The molecule has 0 aliphatic carbocycles. The number of aryl methyl sites for hydroxylation is 1. The van der Waals surface area contributed by atoms with Crippen LogP contribution < -0.4 is 10.9 Å². The van der Waals surface area contributed by atoms with Crippen LogP contribution in [-0.2, 0) is 6.54 Å². The van der Waals surface area contributed by atoms with Crippen LogP contribution in [-0.4, -0.2) is 4.92 Å². The Hall–Kier alpha value is -2.86. The Morgan fingerprint density at radius 1 is 1.24 bits per heavy atom. The number of rotatable bonds is 4. The van der Waals surface area contributed by atoms with E-state index in [1.54, 1.807) is 31.2 Å². The number of halogens is 1. The zero-order valence-electron chi connectivity index (χ0n) is 13.6. The average Bonchev–Trinajstić information content (AvgIpc) is 2.55. The van der Waals surface area contributed by atoms with Crippen LogP contribution in [0.4, 0.5) is 11.4 Å². The maximum absolute atomic E-state index is 11.8. The summed E-state index contributed by atoms with van der Waals surface area (Å²) in [5.41, 5.74) is 2.74. The number of nitrogens with zero attached hydrogens (tertiary/aromatic N) is 1. The van der Waals surface area contributed by atoms with Gasteiger partial charge in [-0.3, -0.25) is 10.1 Å². The molecule has 128 valence electrons. The van der Waals surface area contributed by atoms with Crippen molar-refractivity contribution in [1.29, 1.82) is 0 Å². The summed E-state index contributed by atoms with van der Waals surface area (Å²) in [5, 5.41) is 15.5. The molecule has 0 spiro atoms. The van der Waals surface area contributed by atoms with E-state index in [-0.39, 0.29) is 5.69 Å². The molecule has 0 bridgehead atoms. The van der Waals surface area contributed by atoms with E-state index >= 15 is 0 Å². The van der Waals surface area contributed by atoms with E-state index in [9.17, 15) is 14.9 Å². The highest BCUT2D eigenvalue weighted by Gasteiger charge is 2.14. The van der Waals surface area contributed by atoms with Gasteiger partial charge in [0.1, 0.15) is 5.58 Å². The summed E-state index contributed by atoms with van der Waals surface area (Å²) in [5.74, 6) is 0. The molecule has 0 amide bonds. The van der Waals surface area contributed by atoms with Crippen molar-refractivity contribution in [3.05, 3.63) is 78.6 Å². The van der Waals surface area contributed by atoms with Crippen molar-refractivity contribution in [2.45, 2.75) is 20.4 Å². The van der Waals surface area contributed by atoms with Gasteiger partial charge in [0.2, 0.25) is 0 Å². The normalized spacial score (nSPS) is 10.8. The monoisotopic (exact) mass is 358 g/mol. The molecular weight excluding hydrogens is 344 g/mol. The van der Waals surface area contributed by atoms with E-state index < -0.39 is 10.5 Å². The molecule has 3 aromatic rings. The highest BCUT2D eigenvalue weighted by Crippen LogP contribution is 2.28. The molecule has 0 unspecified atom stereocenters. The molecule has 0 fully saturated rings. The van der Waals surface area contributed by atoms with Crippen LogP contribution in [0.1, 0.15) is 16.7 Å². The molecule has 6 nitrogen and oxygen atoms in total. The fourth-order valence-electron chi connectivity index (χ4n) is 2.70. The molecule has 0 saturated carbocycles. The first-order valence-electron chi connectivity index (χ1n) is 7.57. The summed E-state index contributed by atoms with van der Waals surface area (Å²) in [6, 6.07) is 9.70. The Morgan fingerprint density at radius 3 is 2.72 bits per heavy atom. The molecule has 0 aliphatic heterocycles. The first-order chi connectivity index (χ1) is 11.9. The molecule has 0 saturated heterocycles. The molecule has 0 atom stereocenters. The van der Waals surface area contributed by atoms with Crippen molar-refractivity contribution < 1.29 is 9.34 Å². The van der Waals surface area contributed by atoms with Gasteiger partial charge in [0.05, 0.1) is 4.92 Å². The summed E-state index contributed by atoms with van der Waals surface area (Å²) in [6.07, 6.45) is 0. The molecule has 25 heavy (non-hydrogen) atoms. The van der Waals surface area contributed by atoms with Gasteiger partial charge in [-0.05, 0) is 43.2 Å².